The molecule has 0 aliphatic carbocycles. The molecule has 2 rings (SSSR count). The van der Waals surface area contributed by atoms with Crippen LogP contribution in [0.2, 0.25) is 0 Å². The second-order valence-electron chi connectivity index (χ2n) is 2.24. The summed E-state index contributed by atoms with van der Waals surface area (Å²) in [6.45, 7) is 0. The Kier molecular flexibility index (Phi) is 0.952. The molecule has 1 nitrogen and oxygen atoms in total. The zero-order valence-corrected chi connectivity index (χ0v) is 5.12. The molecule has 0 amide bonds. The zero-order chi connectivity index (χ0) is 8.17. The van der Waals surface area contributed by atoms with Crippen molar-refractivity contribution in [2.45, 2.75) is 0 Å². The summed E-state index contributed by atoms with van der Waals surface area (Å²) in [6, 6.07) is 0.704. The predicted octanol–water partition coefficient (Wildman–Crippen LogP) is 1.49. The Bertz CT molecular complexity index is 451. The Morgan fingerprint density at radius 3 is 2.36 bits per heavy atom. The molecule has 2 aromatic rings. The molecule has 11 heavy (non-hydrogen) atoms. The van der Waals surface area contributed by atoms with Crippen molar-refractivity contribution in [1.82, 2.24) is 0 Å². The number of benzene rings is 1. The van der Waals surface area contributed by atoms with Crippen molar-refractivity contribution in [3.63, 3.8) is 0 Å². The van der Waals surface area contributed by atoms with E-state index < -0.39 is 22.9 Å². The van der Waals surface area contributed by atoms with E-state index in [9.17, 15) is 18.0 Å². The number of fused-ring (bicyclic) bond motifs is 1. The Hall–Kier alpha value is -1.32. The average molecular weight is 158 g/mol. The van der Waals surface area contributed by atoms with Crippen LogP contribution in [0, 0.1) is 17.5 Å². The van der Waals surface area contributed by atoms with E-state index in [1.165, 1.54) is 0 Å². The number of halogens is 3. The maximum atomic E-state index is 12.5. The molecule has 0 saturated heterocycles. The first kappa shape index (κ1) is 6.39. The van der Waals surface area contributed by atoms with Crippen LogP contribution < -0.4 is 5.43 Å². The molecule has 0 unspecified atom stereocenters. The van der Waals surface area contributed by atoms with E-state index in [1.54, 1.807) is 0 Å². The fraction of sp³-hybridized carbons (Fsp3) is 0. The molecule has 0 atom stereocenters. The second-order valence-corrected chi connectivity index (χ2v) is 2.24. The van der Waals surface area contributed by atoms with Crippen molar-refractivity contribution in [3.8, 4) is 0 Å². The van der Waals surface area contributed by atoms with Crippen LogP contribution in [0.5, 0.6) is 0 Å². The van der Waals surface area contributed by atoms with Gasteiger partial charge in [0, 0.05) is 5.39 Å². The van der Waals surface area contributed by atoms with E-state index in [-0.39, 0.29) is 10.8 Å². The molecular formula is C7HF3O. The van der Waals surface area contributed by atoms with E-state index in [0.717, 1.165) is 0 Å². The van der Waals surface area contributed by atoms with E-state index in [4.69, 9.17) is 0 Å². The van der Waals surface area contributed by atoms with Gasteiger partial charge in [-0.25, -0.2) is 13.2 Å². The Morgan fingerprint density at radius 1 is 1.09 bits per heavy atom. The third-order valence-electron chi connectivity index (χ3n) is 1.57. The third-order valence-corrected chi connectivity index (χ3v) is 1.57. The summed E-state index contributed by atoms with van der Waals surface area (Å²) in [5.41, 5.74) is -0.606. The molecule has 0 aliphatic heterocycles. The molecule has 0 radical (unpaired) electrons. The Morgan fingerprint density at radius 2 is 1.73 bits per heavy atom. The lowest BCUT2D eigenvalue weighted by Gasteiger charge is -1.88. The van der Waals surface area contributed by atoms with Gasteiger partial charge >= 0.3 is 0 Å². The van der Waals surface area contributed by atoms with Gasteiger partial charge in [0.1, 0.15) is 0 Å². The van der Waals surface area contributed by atoms with Crippen molar-refractivity contribution in [1.29, 1.82) is 0 Å². The summed E-state index contributed by atoms with van der Waals surface area (Å²) in [4.78, 5) is 10.5. The quantitative estimate of drug-likeness (QED) is 0.531. The van der Waals surface area contributed by atoms with Crippen LogP contribution in [-0.4, -0.2) is 0 Å². The molecule has 0 N–H and O–H groups in total. The van der Waals surface area contributed by atoms with Crippen molar-refractivity contribution in [2.75, 3.05) is 0 Å². The van der Waals surface area contributed by atoms with Crippen molar-refractivity contribution in [2.24, 2.45) is 0 Å². The molecular weight excluding hydrogens is 157 g/mol. The molecule has 0 bridgehead atoms. The first-order chi connectivity index (χ1) is 5.13. The van der Waals surface area contributed by atoms with Crippen molar-refractivity contribution >= 4 is 10.8 Å². The van der Waals surface area contributed by atoms with Crippen molar-refractivity contribution < 1.29 is 13.2 Å². The summed E-state index contributed by atoms with van der Waals surface area (Å²) >= 11 is 0. The van der Waals surface area contributed by atoms with E-state index in [1.807, 2.05) is 0 Å². The van der Waals surface area contributed by atoms with Crippen LogP contribution in [0.25, 0.3) is 10.8 Å². The van der Waals surface area contributed by atoms with Gasteiger partial charge in [-0.3, -0.25) is 4.79 Å². The van der Waals surface area contributed by atoms with E-state index >= 15 is 0 Å². The molecule has 0 fully saturated rings. The Labute approximate surface area is 58.7 Å². The molecule has 0 saturated carbocycles. The zero-order valence-electron chi connectivity index (χ0n) is 5.12. The van der Waals surface area contributed by atoms with Gasteiger partial charge in [-0.1, -0.05) is 0 Å². The van der Waals surface area contributed by atoms with Crippen LogP contribution in [0.1, 0.15) is 0 Å². The van der Waals surface area contributed by atoms with Crippen LogP contribution in [0.3, 0.4) is 0 Å². The number of rotatable bonds is 0. The molecule has 0 heterocycles. The van der Waals surface area contributed by atoms with Gasteiger partial charge in [-0.05, 0) is 6.07 Å². The highest BCUT2D eigenvalue weighted by Gasteiger charge is 2.23. The summed E-state index contributed by atoms with van der Waals surface area (Å²) in [6.07, 6.45) is 0. The fourth-order valence-corrected chi connectivity index (χ4v) is 0.944. The third kappa shape index (κ3) is 0.636. The Balaban J connectivity index is 2.94. The lowest BCUT2D eigenvalue weighted by atomic mass is 10.3. The highest BCUT2D eigenvalue weighted by molar-refractivity contribution is 5.97. The second kappa shape index (κ2) is 1.64. The molecule has 4 heteroatoms. The number of hydrogen-bond donors (Lipinski definition) is 0. The maximum Gasteiger partial charge on any atom is 0.197 e. The van der Waals surface area contributed by atoms with Gasteiger partial charge in [0.2, 0.25) is 0 Å². The van der Waals surface area contributed by atoms with E-state index in [0.29, 0.717) is 6.07 Å². The molecule has 0 spiro atoms. The minimum absolute atomic E-state index is 0.0543. The molecule has 2 aromatic carbocycles. The highest BCUT2D eigenvalue weighted by atomic mass is 19.2. The smallest absolute Gasteiger partial charge is 0.197 e. The summed E-state index contributed by atoms with van der Waals surface area (Å²) in [5.74, 6) is -4.26. The predicted molar refractivity (Wildman–Crippen MR) is 32.5 cm³/mol. The lowest BCUT2D eigenvalue weighted by molar-refractivity contribution is 0.455. The van der Waals surface area contributed by atoms with Gasteiger partial charge in [-0.15, -0.1) is 0 Å². The van der Waals surface area contributed by atoms with Crippen molar-refractivity contribution in [3.05, 3.63) is 33.7 Å². The van der Waals surface area contributed by atoms with Gasteiger partial charge in [0.25, 0.3) is 0 Å². The summed E-state index contributed by atoms with van der Waals surface area (Å²) in [7, 11) is 0. The molecule has 56 valence electrons. The van der Waals surface area contributed by atoms with Crippen LogP contribution in [0.15, 0.2) is 10.9 Å². The largest absolute Gasteiger partial charge is 0.288 e. The van der Waals surface area contributed by atoms with E-state index in [2.05, 4.69) is 0 Å². The topological polar surface area (TPSA) is 17.1 Å². The van der Waals surface area contributed by atoms with Gasteiger partial charge in [0.05, 0.1) is 5.39 Å². The highest BCUT2D eigenvalue weighted by Crippen LogP contribution is 2.23. The SMILES string of the molecule is O=c1c2cc(F)c(F)c(F)c12. The standard InChI is InChI=1S/C7HF3O/c8-3-1-2-4(7(2)11)6(10)5(3)9/h1H. The summed E-state index contributed by atoms with van der Waals surface area (Å²) < 4.78 is 37.0. The van der Waals surface area contributed by atoms with Gasteiger partial charge in [-0.2, -0.15) is 0 Å². The molecule has 0 aromatic heterocycles. The number of hydrogen-bond acceptors (Lipinski definition) is 1. The average Bonchev–Trinajstić information content (AvgIpc) is 2.57. The normalized spacial score (nSPS) is 11.5. The lowest BCUT2D eigenvalue weighted by Crippen LogP contribution is -1.85. The van der Waals surface area contributed by atoms with Crippen LogP contribution in [0.4, 0.5) is 13.2 Å². The van der Waals surface area contributed by atoms with Crippen LogP contribution in [-0.2, 0) is 0 Å². The fourth-order valence-electron chi connectivity index (χ4n) is 0.944. The first-order valence-electron chi connectivity index (χ1n) is 2.85. The van der Waals surface area contributed by atoms with Gasteiger partial charge in [0.15, 0.2) is 22.9 Å². The monoisotopic (exact) mass is 158 g/mol. The summed E-state index contributed by atoms with van der Waals surface area (Å²) in [5, 5.41) is -0.370. The molecule has 0 aliphatic rings. The minimum Gasteiger partial charge on any atom is -0.288 e. The maximum absolute atomic E-state index is 12.5. The minimum atomic E-state index is -1.57. The first-order valence-corrected chi connectivity index (χ1v) is 2.85. The van der Waals surface area contributed by atoms with Gasteiger partial charge < -0.3 is 0 Å². The van der Waals surface area contributed by atoms with Crippen LogP contribution >= 0.6 is 0 Å².